The highest BCUT2D eigenvalue weighted by Gasteiger charge is 2.37. The van der Waals surface area contributed by atoms with E-state index in [0.717, 1.165) is 38.8 Å². The lowest BCUT2D eigenvalue weighted by Crippen LogP contribution is -2.49. The molecule has 0 aromatic carbocycles. The largest absolute Gasteiger partial charge is 0.375 e. The van der Waals surface area contributed by atoms with Crippen molar-refractivity contribution in [2.75, 3.05) is 25.4 Å². The van der Waals surface area contributed by atoms with E-state index in [1.54, 1.807) is 10.3 Å². The van der Waals surface area contributed by atoms with Crippen LogP contribution in [0, 0.1) is 0 Å². The zero-order chi connectivity index (χ0) is 14.8. The highest BCUT2D eigenvalue weighted by molar-refractivity contribution is 7.13. The molecule has 114 valence electrons. The van der Waals surface area contributed by atoms with Crippen LogP contribution in [0.5, 0.6) is 0 Å². The third kappa shape index (κ3) is 2.88. The van der Waals surface area contributed by atoms with Crippen molar-refractivity contribution < 1.29 is 9.59 Å². The maximum absolute atomic E-state index is 12.6. The molecule has 7 heteroatoms. The number of carbonyl (C=O) groups excluding carboxylic acids is 2. The van der Waals surface area contributed by atoms with E-state index in [9.17, 15) is 9.59 Å². The molecule has 0 unspecified atom stereocenters. The molecule has 3 heterocycles. The molecule has 1 aromatic heterocycles. The van der Waals surface area contributed by atoms with Crippen LogP contribution in [0.1, 0.15) is 42.6 Å². The summed E-state index contributed by atoms with van der Waals surface area (Å²) in [7, 11) is 0. The Morgan fingerprint density at radius 1 is 1.19 bits per heavy atom. The average molecular weight is 308 g/mol. The number of piperidine rings is 1. The zero-order valence-electron chi connectivity index (χ0n) is 12.0. The predicted octanol–water partition coefficient (Wildman–Crippen LogP) is 1.34. The Bertz CT molecular complexity index is 539. The molecule has 0 spiro atoms. The van der Waals surface area contributed by atoms with Crippen molar-refractivity contribution in [1.82, 2.24) is 14.8 Å². The van der Waals surface area contributed by atoms with Gasteiger partial charge in [0.05, 0.1) is 0 Å². The molecule has 0 saturated carbocycles. The van der Waals surface area contributed by atoms with E-state index >= 15 is 0 Å². The molecule has 21 heavy (non-hydrogen) atoms. The smallest absolute Gasteiger partial charge is 0.274 e. The summed E-state index contributed by atoms with van der Waals surface area (Å²) < 4.78 is 0. The molecule has 3 rings (SSSR count). The minimum absolute atomic E-state index is 0.101. The lowest BCUT2D eigenvalue weighted by Gasteiger charge is -2.32. The summed E-state index contributed by atoms with van der Waals surface area (Å²) in [4.78, 5) is 32.8. The van der Waals surface area contributed by atoms with E-state index in [-0.39, 0.29) is 17.9 Å². The third-order valence-corrected chi connectivity index (χ3v) is 4.88. The van der Waals surface area contributed by atoms with Crippen LogP contribution in [0.25, 0.3) is 0 Å². The second kappa shape index (κ2) is 6.01. The quantitative estimate of drug-likeness (QED) is 0.894. The second-order valence-corrected chi connectivity index (χ2v) is 6.50. The second-order valence-electron chi connectivity index (χ2n) is 5.61. The number of aromatic nitrogens is 1. The molecule has 0 radical (unpaired) electrons. The fourth-order valence-electron chi connectivity index (χ4n) is 3.12. The van der Waals surface area contributed by atoms with E-state index in [2.05, 4.69) is 4.98 Å². The summed E-state index contributed by atoms with van der Waals surface area (Å²) >= 11 is 1.25. The van der Waals surface area contributed by atoms with Gasteiger partial charge in [-0.15, -0.1) is 11.3 Å². The molecule has 2 aliphatic heterocycles. The minimum Gasteiger partial charge on any atom is -0.375 e. The van der Waals surface area contributed by atoms with Crippen molar-refractivity contribution >= 4 is 28.3 Å². The van der Waals surface area contributed by atoms with Gasteiger partial charge in [-0.2, -0.15) is 0 Å². The van der Waals surface area contributed by atoms with Crippen LogP contribution in [0.4, 0.5) is 5.13 Å². The van der Waals surface area contributed by atoms with E-state index < -0.39 is 0 Å². The fraction of sp³-hybridized carbons (Fsp3) is 0.643. The number of nitrogen functional groups attached to an aromatic ring is 1. The maximum atomic E-state index is 12.6. The van der Waals surface area contributed by atoms with E-state index in [1.807, 2.05) is 4.90 Å². The predicted molar refractivity (Wildman–Crippen MR) is 81.0 cm³/mol. The van der Waals surface area contributed by atoms with Crippen molar-refractivity contribution in [2.45, 2.75) is 38.1 Å². The van der Waals surface area contributed by atoms with Gasteiger partial charge >= 0.3 is 0 Å². The Labute approximate surface area is 127 Å². The first kappa shape index (κ1) is 14.3. The van der Waals surface area contributed by atoms with Crippen LogP contribution in [0.3, 0.4) is 0 Å². The molecular weight excluding hydrogens is 288 g/mol. The van der Waals surface area contributed by atoms with Gasteiger partial charge in [-0.3, -0.25) is 9.59 Å². The average Bonchev–Trinajstić information content (AvgIpc) is 3.15. The Morgan fingerprint density at radius 2 is 1.95 bits per heavy atom. The fourth-order valence-corrected chi connectivity index (χ4v) is 3.66. The number of nitrogens with two attached hydrogens (primary N) is 1. The van der Waals surface area contributed by atoms with Crippen molar-refractivity contribution in [3.8, 4) is 0 Å². The van der Waals surface area contributed by atoms with Crippen molar-refractivity contribution in [2.24, 2.45) is 0 Å². The van der Waals surface area contributed by atoms with Crippen LogP contribution >= 0.6 is 11.3 Å². The third-order valence-electron chi connectivity index (χ3n) is 4.21. The molecule has 6 nitrogen and oxygen atoms in total. The highest BCUT2D eigenvalue weighted by atomic mass is 32.1. The molecule has 2 aliphatic rings. The minimum atomic E-state index is -0.321. The summed E-state index contributed by atoms with van der Waals surface area (Å²) in [6.45, 7) is 2.27. The van der Waals surface area contributed by atoms with Gasteiger partial charge in [0.2, 0.25) is 5.91 Å². The number of likely N-dealkylation sites (tertiary alicyclic amines) is 2. The Balaban J connectivity index is 1.72. The first-order valence-corrected chi connectivity index (χ1v) is 8.35. The summed E-state index contributed by atoms with van der Waals surface area (Å²) in [6, 6.07) is -0.321. The van der Waals surface area contributed by atoms with Gasteiger partial charge in [0.15, 0.2) is 5.13 Å². The molecule has 0 aliphatic carbocycles. The summed E-state index contributed by atoms with van der Waals surface area (Å²) in [5, 5.41) is 2.05. The topological polar surface area (TPSA) is 79.5 Å². The molecular formula is C14H20N4O2S. The van der Waals surface area contributed by atoms with Gasteiger partial charge in [-0.05, 0) is 32.1 Å². The van der Waals surface area contributed by atoms with Crippen LogP contribution in [-0.4, -0.2) is 52.3 Å². The molecule has 1 aromatic rings. The van der Waals surface area contributed by atoms with Crippen LogP contribution < -0.4 is 5.73 Å². The standard InChI is InChI=1S/C14H20N4O2S/c15-14-16-10(9-21-14)12(19)18-8-4-5-11(18)13(20)17-6-2-1-3-7-17/h9,11H,1-8H2,(H2,15,16)/t11-/m0/s1. The van der Waals surface area contributed by atoms with Gasteiger partial charge in [0.1, 0.15) is 11.7 Å². The van der Waals surface area contributed by atoms with E-state index in [0.29, 0.717) is 17.4 Å². The normalized spacial score (nSPS) is 22.6. The lowest BCUT2D eigenvalue weighted by molar-refractivity contribution is -0.136. The van der Waals surface area contributed by atoms with Gasteiger partial charge in [-0.25, -0.2) is 4.98 Å². The number of rotatable bonds is 2. The van der Waals surface area contributed by atoms with E-state index in [1.165, 1.54) is 17.8 Å². The van der Waals surface area contributed by atoms with Gasteiger partial charge in [-0.1, -0.05) is 0 Å². The molecule has 2 amide bonds. The highest BCUT2D eigenvalue weighted by Crippen LogP contribution is 2.24. The summed E-state index contributed by atoms with van der Waals surface area (Å²) in [6.07, 6.45) is 4.94. The van der Waals surface area contributed by atoms with Crippen molar-refractivity contribution in [3.63, 3.8) is 0 Å². The molecule has 0 bridgehead atoms. The first-order valence-electron chi connectivity index (χ1n) is 7.47. The Hall–Kier alpha value is -1.63. The Morgan fingerprint density at radius 3 is 2.62 bits per heavy atom. The van der Waals surface area contributed by atoms with Gasteiger partial charge in [0, 0.05) is 25.0 Å². The van der Waals surface area contributed by atoms with Crippen molar-refractivity contribution in [3.05, 3.63) is 11.1 Å². The lowest BCUT2D eigenvalue weighted by atomic mass is 10.1. The number of carbonyl (C=O) groups is 2. The van der Waals surface area contributed by atoms with E-state index in [4.69, 9.17) is 5.73 Å². The number of nitrogens with zero attached hydrogens (tertiary/aromatic N) is 3. The number of hydrogen-bond donors (Lipinski definition) is 1. The SMILES string of the molecule is Nc1nc(C(=O)N2CCC[C@H]2C(=O)N2CCCCC2)cs1. The maximum Gasteiger partial charge on any atom is 0.274 e. The monoisotopic (exact) mass is 308 g/mol. The molecule has 2 saturated heterocycles. The van der Waals surface area contributed by atoms with Crippen LogP contribution in [0.15, 0.2) is 5.38 Å². The number of thiazole rings is 1. The zero-order valence-corrected chi connectivity index (χ0v) is 12.8. The summed E-state index contributed by atoms with van der Waals surface area (Å²) in [5.74, 6) is -0.0699. The summed E-state index contributed by atoms with van der Waals surface area (Å²) in [5.41, 5.74) is 5.95. The Kier molecular flexibility index (Phi) is 4.10. The van der Waals surface area contributed by atoms with Crippen molar-refractivity contribution in [1.29, 1.82) is 0 Å². The van der Waals surface area contributed by atoms with Gasteiger partial charge < -0.3 is 15.5 Å². The number of anilines is 1. The molecule has 2 N–H and O–H groups in total. The van der Waals surface area contributed by atoms with Gasteiger partial charge in [0.25, 0.3) is 5.91 Å². The van der Waals surface area contributed by atoms with Crippen LogP contribution in [-0.2, 0) is 4.79 Å². The first-order chi connectivity index (χ1) is 10.2. The molecule has 2 fully saturated rings. The van der Waals surface area contributed by atoms with Crippen LogP contribution in [0.2, 0.25) is 0 Å². The number of amides is 2. The number of hydrogen-bond acceptors (Lipinski definition) is 5. The molecule has 1 atom stereocenters.